The number of hydrogen-bond donors (Lipinski definition) is 1. The first-order valence-corrected chi connectivity index (χ1v) is 6.41. The normalized spacial score (nSPS) is 10.3. The van der Waals surface area contributed by atoms with Crippen molar-refractivity contribution < 1.29 is 9.18 Å². The minimum absolute atomic E-state index is 0.254. The van der Waals surface area contributed by atoms with Crippen molar-refractivity contribution in [2.24, 2.45) is 0 Å². The summed E-state index contributed by atoms with van der Waals surface area (Å²) >= 11 is 4.47. The molecule has 6 heteroatoms. The van der Waals surface area contributed by atoms with Crippen LogP contribution in [0, 0.1) is 12.7 Å². The van der Waals surface area contributed by atoms with E-state index in [1.165, 1.54) is 23.5 Å². The molecule has 3 nitrogen and oxygen atoms in total. The van der Waals surface area contributed by atoms with Gasteiger partial charge in [-0.05, 0) is 25.1 Å². The van der Waals surface area contributed by atoms with Gasteiger partial charge < -0.3 is 0 Å². The van der Waals surface area contributed by atoms with Crippen molar-refractivity contribution in [2.45, 2.75) is 6.92 Å². The molecule has 1 N–H and O–H groups in total. The number of benzene rings is 1. The first-order valence-electron chi connectivity index (χ1n) is 4.74. The molecular weight excluding hydrogens is 307 g/mol. The minimum atomic E-state index is -0.458. The number of amides is 1. The summed E-state index contributed by atoms with van der Waals surface area (Å²) in [5.74, 6) is -0.834. The largest absolute Gasteiger partial charge is 0.298 e. The molecule has 0 radical (unpaired) electrons. The minimum Gasteiger partial charge on any atom is -0.298 e. The highest BCUT2D eigenvalue weighted by atomic mass is 79.9. The fourth-order valence-electron chi connectivity index (χ4n) is 1.27. The summed E-state index contributed by atoms with van der Waals surface area (Å²) in [6.45, 7) is 1.84. The SMILES string of the molecule is Cc1csc(NC(=O)c2cc(F)cc(Br)c2)n1. The summed E-state index contributed by atoms with van der Waals surface area (Å²) in [6, 6.07) is 4.03. The molecule has 2 rings (SSSR count). The second-order valence-electron chi connectivity index (χ2n) is 3.41. The molecule has 1 aromatic heterocycles. The molecule has 0 fully saturated rings. The Morgan fingerprint density at radius 1 is 1.47 bits per heavy atom. The van der Waals surface area contributed by atoms with Crippen LogP contribution in [0.4, 0.5) is 9.52 Å². The quantitative estimate of drug-likeness (QED) is 0.920. The average Bonchev–Trinajstić information content (AvgIpc) is 2.62. The summed E-state index contributed by atoms with van der Waals surface area (Å²) in [6.07, 6.45) is 0. The maximum absolute atomic E-state index is 13.1. The number of carbonyl (C=O) groups is 1. The lowest BCUT2D eigenvalue weighted by molar-refractivity contribution is 0.102. The lowest BCUT2D eigenvalue weighted by Crippen LogP contribution is -2.12. The van der Waals surface area contributed by atoms with Crippen molar-refractivity contribution in [3.05, 3.63) is 45.1 Å². The lowest BCUT2D eigenvalue weighted by atomic mass is 10.2. The summed E-state index contributed by atoms with van der Waals surface area (Å²) in [4.78, 5) is 15.9. The van der Waals surface area contributed by atoms with Gasteiger partial charge in [0, 0.05) is 15.4 Å². The number of carbonyl (C=O) groups excluding carboxylic acids is 1. The second-order valence-corrected chi connectivity index (χ2v) is 5.18. The molecule has 88 valence electrons. The van der Waals surface area contributed by atoms with Crippen LogP contribution in [-0.2, 0) is 0 Å². The molecule has 0 atom stereocenters. The standard InChI is InChI=1S/C11H8BrFN2OS/c1-6-5-17-11(14-6)15-10(16)7-2-8(12)4-9(13)3-7/h2-5H,1H3,(H,14,15,16). The second kappa shape index (κ2) is 4.93. The van der Waals surface area contributed by atoms with Gasteiger partial charge in [0.2, 0.25) is 0 Å². The van der Waals surface area contributed by atoms with Crippen LogP contribution >= 0.6 is 27.3 Å². The van der Waals surface area contributed by atoms with Crippen molar-refractivity contribution >= 4 is 38.3 Å². The van der Waals surface area contributed by atoms with Crippen molar-refractivity contribution in [1.29, 1.82) is 0 Å². The third-order valence-electron chi connectivity index (χ3n) is 1.96. The van der Waals surface area contributed by atoms with Gasteiger partial charge in [-0.3, -0.25) is 10.1 Å². The molecule has 0 aliphatic carbocycles. The molecule has 0 spiro atoms. The van der Waals surface area contributed by atoms with Crippen molar-refractivity contribution in [2.75, 3.05) is 5.32 Å². The Hall–Kier alpha value is -1.27. The van der Waals surface area contributed by atoms with Gasteiger partial charge >= 0.3 is 0 Å². The maximum atomic E-state index is 13.1. The van der Waals surface area contributed by atoms with Crippen molar-refractivity contribution in [3.8, 4) is 0 Å². The van der Waals surface area contributed by atoms with E-state index in [1.807, 2.05) is 12.3 Å². The van der Waals surface area contributed by atoms with Gasteiger partial charge in [0.15, 0.2) is 5.13 Å². The number of rotatable bonds is 2. The summed E-state index contributed by atoms with van der Waals surface area (Å²) in [7, 11) is 0. The maximum Gasteiger partial charge on any atom is 0.257 e. The molecule has 17 heavy (non-hydrogen) atoms. The van der Waals surface area contributed by atoms with E-state index >= 15 is 0 Å². The Morgan fingerprint density at radius 3 is 2.82 bits per heavy atom. The van der Waals surface area contributed by atoms with Gasteiger partial charge in [0.1, 0.15) is 5.82 Å². The van der Waals surface area contributed by atoms with Gasteiger partial charge in [0.05, 0.1) is 5.69 Å². The Labute approximate surface area is 110 Å². The Balaban J connectivity index is 2.19. The van der Waals surface area contributed by atoms with Crippen LogP contribution in [0.2, 0.25) is 0 Å². The van der Waals surface area contributed by atoms with Crippen LogP contribution in [0.5, 0.6) is 0 Å². The number of nitrogens with zero attached hydrogens (tertiary/aromatic N) is 1. The molecule has 0 saturated heterocycles. The van der Waals surface area contributed by atoms with Gasteiger partial charge in [-0.15, -0.1) is 11.3 Å². The molecule has 0 unspecified atom stereocenters. The Kier molecular flexibility index (Phi) is 3.54. The third-order valence-corrected chi connectivity index (χ3v) is 3.30. The predicted molar refractivity (Wildman–Crippen MR) is 68.9 cm³/mol. The zero-order chi connectivity index (χ0) is 12.4. The Bertz CT molecular complexity index is 550. The van der Waals surface area contributed by atoms with Crippen LogP contribution in [0.3, 0.4) is 0 Å². The van der Waals surface area contributed by atoms with Crippen molar-refractivity contribution in [3.63, 3.8) is 0 Å². The topological polar surface area (TPSA) is 42.0 Å². The van der Waals surface area contributed by atoms with E-state index in [4.69, 9.17) is 0 Å². The summed E-state index contributed by atoms with van der Waals surface area (Å²) in [5.41, 5.74) is 1.09. The highest BCUT2D eigenvalue weighted by Gasteiger charge is 2.10. The molecule has 2 aromatic rings. The number of aryl methyl sites for hydroxylation is 1. The van der Waals surface area contributed by atoms with E-state index in [-0.39, 0.29) is 11.5 Å². The number of aromatic nitrogens is 1. The fraction of sp³-hybridized carbons (Fsp3) is 0.0909. The first-order chi connectivity index (χ1) is 8.04. The monoisotopic (exact) mass is 314 g/mol. The van der Waals surface area contributed by atoms with Gasteiger partial charge in [-0.1, -0.05) is 15.9 Å². The predicted octanol–water partition coefficient (Wildman–Crippen LogP) is 3.61. The summed E-state index contributed by atoms with van der Waals surface area (Å²) < 4.78 is 13.6. The van der Waals surface area contributed by atoms with Gasteiger partial charge in [0.25, 0.3) is 5.91 Å². The van der Waals surface area contributed by atoms with Crippen LogP contribution < -0.4 is 5.32 Å². The molecular formula is C11H8BrFN2OS. The van der Waals surface area contributed by atoms with E-state index in [9.17, 15) is 9.18 Å². The molecule has 1 aromatic carbocycles. The van der Waals surface area contributed by atoms with Gasteiger partial charge in [-0.2, -0.15) is 0 Å². The molecule has 0 aliphatic rings. The van der Waals surface area contributed by atoms with Crippen LogP contribution in [-0.4, -0.2) is 10.9 Å². The fourth-order valence-corrected chi connectivity index (χ4v) is 2.41. The van der Waals surface area contributed by atoms with E-state index in [2.05, 4.69) is 26.2 Å². The number of halogens is 2. The van der Waals surface area contributed by atoms with E-state index < -0.39 is 5.82 Å². The van der Waals surface area contributed by atoms with Gasteiger partial charge in [-0.25, -0.2) is 9.37 Å². The molecule has 1 amide bonds. The lowest BCUT2D eigenvalue weighted by Gasteiger charge is -2.02. The molecule has 0 bridgehead atoms. The molecule has 0 aliphatic heterocycles. The zero-order valence-corrected chi connectivity index (χ0v) is 11.2. The van der Waals surface area contributed by atoms with E-state index in [1.54, 1.807) is 6.07 Å². The number of anilines is 1. The Morgan fingerprint density at radius 2 is 2.24 bits per heavy atom. The first kappa shape index (κ1) is 12.2. The van der Waals surface area contributed by atoms with Crippen LogP contribution in [0.15, 0.2) is 28.1 Å². The highest BCUT2D eigenvalue weighted by molar-refractivity contribution is 9.10. The number of thiazole rings is 1. The van der Waals surface area contributed by atoms with Crippen molar-refractivity contribution in [1.82, 2.24) is 4.98 Å². The number of nitrogens with one attached hydrogen (secondary N) is 1. The zero-order valence-electron chi connectivity index (χ0n) is 8.83. The summed E-state index contributed by atoms with van der Waals surface area (Å²) in [5, 5.41) is 4.95. The average molecular weight is 315 g/mol. The molecule has 1 heterocycles. The molecule has 0 saturated carbocycles. The van der Waals surface area contributed by atoms with Crippen LogP contribution in [0.25, 0.3) is 0 Å². The third kappa shape index (κ3) is 3.10. The number of hydrogen-bond acceptors (Lipinski definition) is 3. The smallest absolute Gasteiger partial charge is 0.257 e. The highest BCUT2D eigenvalue weighted by Crippen LogP contribution is 2.18. The van der Waals surface area contributed by atoms with E-state index in [0.29, 0.717) is 9.60 Å². The van der Waals surface area contributed by atoms with E-state index in [0.717, 1.165) is 5.69 Å². The van der Waals surface area contributed by atoms with Crippen LogP contribution in [0.1, 0.15) is 16.1 Å².